The number of carbonyl (C=O) groups is 1. The van der Waals surface area contributed by atoms with E-state index in [1.54, 1.807) is 0 Å². The standard InChI is InChI=1S/C14H26N2O/c1-4-11-9-16(8-7-13(11)15-3)14(17)10(2)12-5-6-12/h10-13,15H,4-9H2,1-3H3. The molecule has 1 aliphatic carbocycles. The molecule has 2 rings (SSSR count). The number of likely N-dealkylation sites (tertiary alicyclic amines) is 1. The lowest BCUT2D eigenvalue weighted by Gasteiger charge is -2.39. The Morgan fingerprint density at radius 1 is 1.41 bits per heavy atom. The number of piperidine rings is 1. The molecular weight excluding hydrogens is 212 g/mol. The molecule has 0 aromatic rings. The summed E-state index contributed by atoms with van der Waals surface area (Å²) in [5, 5.41) is 3.39. The van der Waals surface area contributed by atoms with Gasteiger partial charge in [0.25, 0.3) is 0 Å². The van der Waals surface area contributed by atoms with Gasteiger partial charge in [-0.2, -0.15) is 0 Å². The second kappa shape index (κ2) is 5.38. The third-order valence-electron chi connectivity index (χ3n) is 4.66. The van der Waals surface area contributed by atoms with E-state index >= 15 is 0 Å². The van der Waals surface area contributed by atoms with E-state index in [4.69, 9.17) is 0 Å². The molecule has 0 aromatic carbocycles. The summed E-state index contributed by atoms with van der Waals surface area (Å²) in [6.07, 6.45) is 4.79. The van der Waals surface area contributed by atoms with Crippen molar-refractivity contribution in [2.75, 3.05) is 20.1 Å². The molecule has 1 N–H and O–H groups in total. The van der Waals surface area contributed by atoms with Crippen molar-refractivity contribution in [2.45, 2.75) is 45.6 Å². The van der Waals surface area contributed by atoms with Crippen LogP contribution in [-0.4, -0.2) is 37.0 Å². The first kappa shape index (κ1) is 12.9. The van der Waals surface area contributed by atoms with Crippen molar-refractivity contribution < 1.29 is 4.79 Å². The Morgan fingerprint density at radius 2 is 2.12 bits per heavy atom. The maximum Gasteiger partial charge on any atom is 0.225 e. The highest BCUT2D eigenvalue weighted by atomic mass is 16.2. The minimum Gasteiger partial charge on any atom is -0.342 e. The first-order valence-corrected chi connectivity index (χ1v) is 7.13. The predicted octanol–water partition coefficient (Wildman–Crippen LogP) is 1.88. The van der Waals surface area contributed by atoms with Gasteiger partial charge in [-0.25, -0.2) is 0 Å². The van der Waals surface area contributed by atoms with Crippen LogP contribution in [-0.2, 0) is 4.79 Å². The van der Waals surface area contributed by atoms with E-state index < -0.39 is 0 Å². The van der Waals surface area contributed by atoms with Crippen LogP contribution in [0.5, 0.6) is 0 Å². The van der Waals surface area contributed by atoms with Crippen molar-refractivity contribution >= 4 is 5.91 Å². The van der Waals surface area contributed by atoms with Crippen molar-refractivity contribution in [3.8, 4) is 0 Å². The fourth-order valence-electron chi connectivity index (χ4n) is 3.11. The molecule has 1 amide bonds. The van der Waals surface area contributed by atoms with Crippen molar-refractivity contribution in [1.82, 2.24) is 10.2 Å². The number of hydrogen-bond donors (Lipinski definition) is 1. The topological polar surface area (TPSA) is 32.3 Å². The van der Waals surface area contributed by atoms with Crippen molar-refractivity contribution in [2.24, 2.45) is 17.8 Å². The summed E-state index contributed by atoms with van der Waals surface area (Å²) in [7, 11) is 2.04. The van der Waals surface area contributed by atoms with Crippen LogP contribution in [0.15, 0.2) is 0 Å². The van der Waals surface area contributed by atoms with Crippen LogP contribution in [0.4, 0.5) is 0 Å². The number of nitrogens with one attached hydrogen (secondary N) is 1. The van der Waals surface area contributed by atoms with Gasteiger partial charge in [-0.05, 0) is 38.1 Å². The van der Waals surface area contributed by atoms with Crippen LogP contribution < -0.4 is 5.32 Å². The van der Waals surface area contributed by atoms with Gasteiger partial charge in [0.2, 0.25) is 5.91 Å². The maximum absolute atomic E-state index is 12.3. The zero-order valence-electron chi connectivity index (χ0n) is 11.4. The van der Waals surface area contributed by atoms with E-state index in [-0.39, 0.29) is 5.92 Å². The summed E-state index contributed by atoms with van der Waals surface area (Å²) in [4.78, 5) is 14.5. The fourth-order valence-corrected chi connectivity index (χ4v) is 3.11. The van der Waals surface area contributed by atoms with E-state index in [9.17, 15) is 4.79 Å². The van der Waals surface area contributed by atoms with Gasteiger partial charge in [-0.3, -0.25) is 4.79 Å². The molecular formula is C14H26N2O. The van der Waals surface area contributed by atoms with Crippen LogP contribution in [0.25, 0.3) is 0 Å². The first-order valence-electron chi connectivity index (χ1n) is 7.13. The molecule has 1 saturated carbocycles. The Hall–Kier alpha value is -0.570. The monoisotopic (exact) mass is 238 g/mol. The summed E-state index contributed by atoms with van der Waals surface area (Å²) < 4.78 is 0. The summed E-state index contributed by atoms with van der Waals surface area (Å²) >= 11 is 0. The quantitative estimate of drug-likeness (QED) is 0.811. The Kier molecular flexibility index (Phi) is 4.08. The number of carbonyl (C=O) groups excluding carboxylic acids is 1. The third-order valence-corrected chi connectivity index (χ3v) is 4.66. The molecule has 1 saturated heterocycles. The summed E-state index contributed by atoms with van der Waals surface area (Å²) in [5.74, 6) is 1.98. The van der Waals surface area contributed by atoms with Gasteiger partial charge in [0.1, 0.15) is 0 Å². The smallest absolute Gasteiger partial charge is 0.225 e. The molecule has 98 valence electrons. The molecule has 0 aromatic heterocycles. The minimum atomic E-state index is 0.263. The van der Waals surface area contributed by atoms with Gasteiger partial charge in [0.15, 0.2) is 0 Å². The third kappa shape index (κ3) is 2.82. The highest BCUT2D eigenvalue weighted by molar-refractivity contribution is 5.79. The Labute approximate surface area is 105 Å². The molecule has 3 atom stereocenters. The van der Waals surface area contributed by atoms with Gasteiger partial charge in [0.05, 0.1) is 0 Å². The molecule has 17 heavy (non-hydrogen) atoms. The van der Waals surface area contributed by atoms with Gasteiger partial charge in [-0.15, -0.1) is 0 Å². The lowest BCUT2D eigenvalue weighted by atomic mass is 9.89. The van der Waals surface area contributed by atoms with E-state index in [1.165, 1.54) is 12.8 Å². The molecule has 2 aliphatic rings. The van der Waals surface area contributed by atoms with Crippen molar-refractivity contribution in [3.63, 3.8) is 0 Å². The largest absolute Gasteiger partial charge is 0.342 e. The first-order chi connectivity index (χ1) is 8.17. The van der Waals surface area contributed by atoms with E-state index in [1.807, 2.05) is 7.05 Å². The Balaban J connectivity index is 1.91. The number of rotatable bonds is 4. The van der Waals surface area contributed by atoms with Gasteiger partial charge in [0, 0.05) is 25.0 Å². The molecule has 3 unspecified atom stereocenters. The van der Waals surface area contributed by atoms with E-state index in [2.05, 4.69) is 24.1 Å². The second-order valence-electron chi connectivity index (χ2n) is 5.76. The molecule has 3 heteroatoms. The van der Waals surface area contributed by atoms with Gasteiger partial charge in [-0.1, -0.05) is 20.3 Å². The van der Waals surface area contributed by atoms with Gasteiger partial charge >= 0.3 is 0 Å². The molecule has 0 spiro atoms. The summed E-state index contributed by atoms with van der Waals surface area (Å²) in [6.45, 7) is 6.24. The summed E-state index contributed by atoms with van der Waals surface area (Å²) in [5.41, 5.74) is 0. The van der Waals surface area contributed by atoms with Gasteiger partial charge < -0.3 is 10.2 Å². The van der Waals surface area contributed by atoms with Crippen LogP contribution in [0.2, 0.25) is 0 Å². The van der Waals surface area contributed by atoms with Crippen LogP contribution >= 0.6 is 0 Å². The molecule has 1 aliphatic heterocycles. The average molecular weight is 238 g/mol. The van der Waals surface area contributed by atoms with Crippen LogP contribution in [0.1, 0.15) is 39.5 Å². The SMILES string of the molecule is CCC1CN(C(=O)C(C)C2CC2)CCC1NC. The van der Waals surface area contributed by atoms with Crippen LogP contribution in [0, 0.1) is 17.8 Å². The lowest BCUT2D eigenvalue weighted by Crippen LogP contribution is -2.51. The zero-order valence-corrected chi connectivity index (χ0v) is 11.4. The second-order valence-corrected chi connectivity index (χ2v) is 5.76. The lowest BCUT2D eigenvalue weighted by molar-refractivity contribution is -0.137. The highest BCUT2D eigenvalue weighted by Gasteiger charge is 2.37. The number of amides is 1. The molecule has 3 nitrogen and oxygen atoms in total. The number of hydrogen-bond acceptors (Lipinski definition) is 2. The zero-order chi connectivity index (χ0) is 12.4. The highest BCUT2D eigenvalue weighted by Crippen LogP contribution is 2.38. The van der Waals surface area contributed by atoms with E-state index in [0.29, 0.717) is 23.8 Å². The Bertz CT molecular complexity index is 275. The molecule has 0 bridgehead atoms. The van der Waals surface area contributed by atoms with Crippen molar-refractivity contribution in [3.05, 3.63) is 0 Å². The Morgan fingerprint density at radius 3 is 2.65 bits per heavy atom. The number of nitrogens with zero attached hydrogens (tertiary/aromatic N) is 1. The fraction of sp³-hybridized carbons (Fsp3) is 0.929. The average Bonchev–Trinajstić information content (AvgIpc) is 3.20. The molecule has 1 heterocycles. The molecule has 0 radical (unpaired) electrons. The summed E-state index contributed by atoms with van der Waals surface area (Å²) in [6, 6.07) is 0.597. The van der Waals surface area contributed by atoms with Crippen molar-refractivity contribution in [1.29, 1.82) is 0 Å². The van der Waals surface area contributed by atoms with E-state index in [0.717, 1.165) is 25.9 Å². The molecule has 2 fully saturated rings. The minimum absolute atomic E-state index is 0.263. The normalized spacial score (nSPS) is 31.4. The maximum atomic E-state index is 12.3. The predicted molar refractivity (Wildman–Crippen MR) is 69.7 cm³/mol. The van der Waals surface area contributed by atoms with Crippen LogP contribution in [0.3, 0.4) is 0 Å².